The summed E-state index contributed by atoms with van der Waals surface area (Å²) < 4.78 is 125. The maximum atomic E-state index is 14.4. The monoisotopic (exact) mass is 620 g/mol. The molecule has 2 atom stereocenters. The molecule has 0 aliphatic carbocycles. The number of amidine groups is 2. The quantitative estimate of drug-likeness (QED) is 0.218. The van der Waals surface area contributed by atoms with Gasteiger partial charge < -0.3 is 0 Å². The molecule has 4 aromatic rings. The molecule has 42 heavy (non-hydrogen) atoms. The summed E-state index contributed by atoms with van der Waals surface area (Å²) in [5.41, 5.74) is -2.01. The lowest BCUT2D eigenvalue weighted by Gasteiger charge is -2.15. The van der Waals surface area contributed by atoms with Gasteiger partial charge in [0.2, 0.25) is 0 Å². The van der Waals surface area contributed by atoms with Gasteiger partial charge in [0.15, 0.2) is 31.5 Å². The van der Waals surface area contributed by atoms with Crippen LogP contribution in [-0.4, -0.2) is 20.1 Å². The predicted octanol–water partition coefficient (Wildman–Crippen LogP) is 7.82. The predicted molar refractivity (Wildman–Crippen MR) is 147 cm³/mol. The first-order valence-electron chi connectivity index (χ1n) is 12.0. The molecule has 0 saturated heterocycles. The number of halogens is 6. The largest absolute Gasteiger partial charge is 0.416 e. The van der Waals surface area contributed by atoms with Gasteiger partial charge in [-0.2, -0.15) is 43.9 Å². The van der Waals surface area contributed by atoms with Gasteiger partial charge >= 0.3 is 12.4 Å². The van der Waals surface area contributed by atoms with Crippen molar-refractivity contribution in [3.8, 4) is 0 Å². The Bertz CT molecular complexity index is 1780. The number of benzene rings is 4. The molecule has 0 N–H and O–H groups in total. The number of hydrogen-bond donors (Lipinski definition) is 0. The normalized spacial score (nSPS) is 23.7. The third kappa shape index (κ3) is 6.14. The van der Waals surface area contributed by atoms with Gasteiger partial charge in [-0.3, -0.25) is 0 Å². The lowest BCUT2D eigenvalue weighted by Crippen LogP contribution is -2.15. The van der Waals surface area contributed by atoms with Gasteiger partial charge in [-0.15, -0.1) is 0 Å². The van der Waals surface area contributed by atoms with Gasteiger partial charge in [0.25, 0.3) is 0 Å². The SMILES string of the molecule is O=S1(c2ccccc2)=NC(/c2ccc(C(F)(F)F)cc2)=N\S(=O)(c2ccccc2)=NC(/c2ccc(C(F)(F)F)cc2)=N\1. The number of rotatable bonds is 4. The summed E-state index contributed by atoms with van der Waals surface area (Å²) >= 11 is 0. The van der Waals surface area contributed by atoms with Gasteiger partial charge in [0.05, 0.1) is 20.9 Å². The molecule has 0 bridgehead atoms. The highest BCUT2D eigenvalue weighted by Gasteiger charge is 2.32. The van der Waals surface area contributed by atoms with Crippen LogP contribution in [-0.2, 0) is 32.2 Å². The summed E-state index contributed by atoms with van der Waals surface area (Å²) in [6.07, 6.45) is -9.27. The smallest absolute Gasteiger partial charge is 0.220 e. The molecule has 0 amide bonds. The molecule has 5 rings (SSSR count). The molecule has 14 heteroatoms. The van der Waals surface area contributed by atoms with E-state index in [4.69, 9.17) is 0 Å². The lowest BCUT2D eigenvalue weighted by atomic mass is 10.1. The van der Waals surface area contributed by atoms with Gasteiger partial charge in [-0.25, -0.2) is 8.42 Å². The number of hydrogen-bond acceptors (Lipinski definition) is 4. The molecule has 1 aliphatic heterocycles. The van der Waals surface area contributed by atoms with Crippen LogP contribution in [0, 0.1) is 0 Å². The highest BCUT2D eigenvalue weighted by Crippen LogP contribution is 2.32. The van der Waals surface area contributed by atoms with E-state index in [1.165, 1.54) is 24.3 Å². The van der Waals surface area contributed by atoms with Crippen LogP contribution in [0.5, 0.6) is 0 Å². The Hall–Kier alpha value is -4.30. The van der Waals surface area contributed by atoms with Crippen molar-refractivity contribution in [3.05, 3.63) is 131 Å². The minimum absolute atomic E-state index is 0.0429. The molecule has 0 aromatic heterocycles. The van der Waals surface area contributed by atoms with Gasteiger partial charge in [0, 0.05) is 11.1 Å². The highest BCUT2D eigenvalue weighted by atomic mass is 32.2. The average molecular weight is 621 g/mol. The van der Waals surface area contributed by atoms with Crippen molar-refractivity contribution in [2.75, 3.05) is 0 Å². The zero-order valence-electron chi connectivity index (χ0n) is 21.1. The van der Waals surface area contributed by atoms with Crippen LogP contribution < -0.4 is 0 Å². The second-order valence-electron chi connectivity index (χ2n) is 8.78. The molecular weight excluding hydrogens is 602 g/mol. The van der Waals surface area contributed by atoms with E-state index in [1.807, 2.05) is 0 Å². The first-order valence-corrected chi connectivity index (χ1v) is 14.9. The van der Waals surface area contributed by atoms with Crippen LogP contribution in [0.4, 0.5) is 26.3 Å². The molecule has 1 heterocycles. The minimum atomic E-state index is -4.64. The zero-order valence-corrected chi connectivity index (χ0v) is 22.7. The average Bonchev–Trinajstić information content (AvgIpc) is 2.96. The summed E-state index contributed by atoms with van der Waals surface area (Å²) in [6, 6.07) is 22.4. The molecule has 0 radical (unpaired) electrons. The Kier molecular flexibility index (Phi) is 7.53. The molecule has 4 aromatic carbocycles. The van der Waals surface area contributed by atoms with Crippen LogP contribution in [0.25, 0.3) is 0 Å². The summed E-state index contributed by atoms with van der Waals surface area (Å²) in [5.74, 6) is -0.879. The van der Waals surface area contributed by atoms with E-state index in [0.717, 1.165) is 48.5 Å². The van der Waals surface area contributed by atoms with Gasteiger partial charge in [0.1, 0.15) is 0 Å². The summed E-state index contributed by atoms with van der Waals surface area (Å²) in [5, 5.41) is 0. The molecule has 0 spiro atoms. The molecule has 0 saturated carbocycles. The maximum Gasteiger partial charge on any atom is 0.416 e. The van der Waals surface area contributed by atoms with Crippen LogP contribution in [0.15, 0.2) is 137 Å². The Morgan fingerprint density at radius 1 is 0.452 bits per heavy atom. The minimum Gasteiger partial charge on any atom is -0.220 e. The first-order chi connectivity index (χ1) is 19.8. The van der Waals surface area contributed by atoms with Crippen LogP contribution in [0.3, 0.4) is 0 Å². The lowest BCUT2D eigenvalue weighted by molar-refractivity contribution is -0.138. The van der Waals surface area contributed by atoms with Crippen LogP contribution >= 0.6 is 0 Å². The summed E-state index contributed by atoms with van der Waals surface area (Å²) in [4.78, 5) is 0.106. The molecular formula is C28H18F6N4O2S2. The van der Waals surface area contributed by atoms with E-state index in [-0.39, 0.29) is 20.9 Å². The van der Waals surface area contributed by atoms with Crippen molar-refractivity contribution in [1.82, 2.24) is 0 Å². The topological polar surface area (TPSA) is 83.6 Å². The second kappa shape index (κ2) is 10.8. The van der Waals surface area contributed by atoms with Crippen molar-refractivity contribution in [2.45, 2.75) is 22.1 Å². The Labute approximate surface area is 237 Å². The van der Waals surface area contributed by atoms with E-state index in [9.17, 15) is 34.8 Å². The van der Waals surface area contributed by atoms with E-state index >= 15 is 0 Å². The summed E-state index contributed by atoms with van der Waals surface area (Å²) in [7, 11) is -7.83. The summed E-state index contributed by atoms with van der Waals surface area (Å²) in [6.45, 7) is 0. The fraction of sp³-hybridized carbons (Fsp3) is 0.0714. The van der Waals surface area contributed by atoms with Gasteiger partial charge in [-0.05, 0) is 48.5 Å². The Morgan fingerprint density at radius 2 is 0.762 bits per heavy atom. The van der Waals surface area contributed by atoms with E-state index in [0.29, 0.717) is 0 Å². The maximum absolute atomic E-state index is 14.4. The van der Waals surface area contributed by atoms with Crippen LogP contribution in [0.2, 0.25) is 0 Å². The Morgan fingerprint density at radius 3 is 1.05 bits per heavy atom. The van der Waals surface area contributed by atoms with Crippen molar-refractivity contribution in [2.24, 2.45) is 17.5 Å². The number of nitrogens with zero attached hydrogens (tertiary/aromatic N) is 4. The fourth-order valence-electron chi connectivity index (χ4n) is 3.78. The van der Waals surface area contributed by atoms with E-state index in [2.05, 4.69) is 17.5 Å². The molecule has 1 aliphatic rings. The Balaban J connectivity index is 1.81. The van der Waals surface area contributed by atoms with Crippen molar-refractivity contribution in [1.29, 1.82) is 0 Å². The van der Waals surface area contributed by atoms with Crippen molar-refractivity contribution < 1.29 is 34.8 Å². The fourth-order valence-corrected chi connectivity index (χ4v) is 6.93. The molecule has 6 nitrogen and oxygen atoms in total. The van der Waals surface area contributed by atoms with Crippen molar-refractivity contribution in [3.63, 3.8) is 0 Å². The van der Waals surface area contributed by atoms with Gasteiger partial charge in [-0.1, -0.05) is 60.7 Å². The second-order valence-corrected chi connectivity index (χ2v) is 12.4. The third-order valence-electron chi connectivity index (χ3n) is 5.88. The molecule has 216 valence electrons. The zero-order chi connectivity index (χ0) is 30.2. The molecule has 2 unspecified atom stereocenters. The highest BCUT2D eigenvalue weighted by molar-refractivity contribution is 7.94. The first kappa shape index (κ1) is 29.2. The van der Waals surface area contributed by atoms with Crippen LogP contribution in [0.1, 0.15) is 22.3 Å². The van der Waals surface area contributed by atoms with E-state index < -0.39 is 55.0 Å². The number of alkyl halides is 6. The standard InChI is InChI=1S/C28H18F6N4O2S2/c29-27(30,31)21-15-11-19(12-16-21)25-35-41(39,23-7-3-1-4-8-23)36-26(20-13-17-22(18-14-20)28(32,33)34)38-42(40,37-25)24-9-5-2-6-10-24/h1-18H/b35-25-,36-26?,37-25?,38-26-. The van der Waals surface area contributed by atoms with E-state index in [1.54, 1.807) is 36.4 Å². The third-order valence-corrected chi connectivity index (χ3v) is 9.34. The molecule has 0 fully saturated rings. The van der Waals surface area contributed by atoms with Crippen molar-refractivity contribution >= 4 is 31.5 Å².